The summed E-state index contributed by atoms with van der Waals surface area (Å²) < 4.78 is 5.33. The summed E-state index contributed by atoms with van der Waals surface area (Å²) in [6, 6.07) is 0. The third kappa shape index (κ3) is 6.88. The Morgan fingerprint density at radius 1 is 1.27 bits per heavy atom. The molecule has 1 heterocycles. The summed E-state index contributed by atoms with van der Waals surface area (Å²) in [4.78, 5) is 0. The van der Waals surface area contributed by atoms with E-state index in [0.717, 1.165) is 38.6 Å². The smallest absolute Gasteiger partial charge is 0.0468 e. The van der Waals surface area contributed by atoms with Crippen molar-refractivity contribution in [3.8, 4) is 0 Å². The molecular formula is C12H26N2O. The van der Waals surface area contributed by atoms with Crippen LogP contribution in [0.15, 0.2) is 0 Å². The van der Waals surface area contributed by atoms with Gasteiger partial charge in [0, 0.05) is 18.8 Å². The van der Waals surface area contributed by atoms with E-state index in [1.807, 2.05) is 0 Å². The Morgan fingerprint density at radius 3 is 2.53 bits per heavy atom. The van der Waals surface area contributed by atoms with Gasteiger partial charge < -0.3 is 15.8 Å². The molecule has 90 valence electrons. The lowest BCUT2D eigenvalue weighted by Gasteiger charge is -2.22. The van der Waals surface area contributed by atoms with Crippen LogP contribution in [0.5, 0.6) is 0 Å². The van der Waals surface area contributed by atoms with Gasteiger partial charge in [-0.3, -0.25) is 0 Å². The van der Waals surface area contributed by atoms with Gasteiger partial charge in [0.2, 0.25) is 0 Å². The van der Waals surface area contributed by atoms with Crippen LogP contribution >= 0.6 is 0 Å². The molecule has 1 aliphatic rings. The van der Waals surface area contributed by atoms with E-state index in [1.54, 1.807) is 0 Å². The predicted molar refractivity (Wildman–Crippen MR) is 63.9 cm³/mol. The van der Waals surface area contributed by atoms with Crippen molar-refractivity contribution in [2.24, 2.45) is 11.7 Å². The van der Waals surface area contributed by atoms with Crippen molar-refractivity contribution >= 4 is 0 Å². The van der Waals surface area contributed by atoms with Gasteiger partial charge in [-0.25, -0.2) is 0 Å². The van der Waals surface area contributed by atoms with Gasteiger partial charge >= 0.3 is 0 Å². The SMILES string of the molecule is CC(C)(N)CCNCCC1CCOCC1. The molecule has 0 saturated carbocycles. The highest BCUT2D eigenvalue weighted by molar-refractivity contribution is 4.73. The molecule has 3 nitrogen and oxygen atoms in total. The van der Waals surface area contributed by atoms with E-state index in [9.17, 15) is 0 Å². The van der Waals surface area contributed by atoms with E-state index in [2.05, 4.69) is 19.2 Å². The van der Waals surface area contributed by atoms with Crippen LogP contribution in [-0.2, 0) is 4.74 Å². The second-order valence-corrected chi connectivity index (χ2v) is 5.33. The normalized spacial score (nSPS) is 19.4. The quantitative estimate of drug-likeness (QED) is 0.659. The monoisotopic (exact) mass is 214 g/mol. The minimum Gasteiger partial charge on any atom is -0.381 e. The van der Waals surface area contributed by atoms with Gasteiger partial charge in [-0.05, 0) is 58.5 Å². The van der Waals surface area contributed by atoms with E-state index in [-0.39, 0.29) is 5.54 Å². The molecule has 0 radical (unpaired) electrons. The Hall–Kier alpha value is -0.120. The second kappa shape index (κ2) is 6.46. The average molecular weight is 214 g/mol. The van der Waals surface area contributed by atoms with Crippen molar-refractivity contribution in [2.45, 2.75) is 45.1 Å². The highest BCUT2D eigenvalue weighted by atomic mass is 16.5. The third-order valence-corrected chi connectivity index (χ3v) is 3.02. The molecule has 1 fully saturated rings. The molecule has 1 rings (SSSR count). The van der Waals surface area contributed by atoms with Crippen LogP contribution in [-0.4, -0.2) is 31.8 Å². The molecule has 1 aliphatic heterocycles. The van der Waals surface area contributed by atoms with Gasteiger partial charge in [-0.2, -0.15) is 0 Å². The summed E-state index contributed by atoms with van der Waals surface area (Å²) in [6.45, 7) is 8.23. The molecule has 3 N–H and O–H groups in total. The molecule has 0 aromatic rings. The minimum absolute atomic E-state index is 0.0360. The Kier molecular flexibility index (Phi) is 5.58. The number of nitrogens with one attached hydrogen (secondary N) is 1. The van der Waals surface area contributed by atoms with Crippen molar-refractivity contribution in [3.05, 3.63) is 0 Å². The van der Waals surface area contributed by atoms with Gasteiger partial charge in [-0.1, -0.05) is 0 Å². The fourth-order valence-electron chi connectivity index (χ4n) is 1.88. The van der Waals surface area contributed by atoms with Crippen LogP contribution in [0.3, 0.4) is 0 Å². The third-order valence-electron chi connectivity index (χ3n) is 3.02. The molecule has 0 unspecified atom stereocenters. The molecule has 0 spiro atoms. The average Bonchev–Trinajstić information content (AvgIpc) is 2.17. The van der Waals surface area contributed by atoms with Gasteiger partial charge in [0.25, 0.3) is 0 Å². The number of hydrogen-bond donors (Lipinski definition) is 2. The van der Waals surface area contributed by atoms with Crippen LogP contribution in [0.25, 0.3) is 0 Å². The van der Waals surface area contributed by atoms with E-state index in [1.165, 1.54) is 19.3 Å². The summed E-state index contributed by atoms with van der Waals surface area (Å²) in [7, 11) is 0. The largest absolute Gasteiger partial charge is 0.381 e. The van der Waals surface area contributed by atoms with Crippen LogP contribution in [0.4, 0.5) is 0 Å². The first-order valence-corrected chi connectivity index (χ1v) is 6.15. The van der Waals surface area contributed by atoms with Gasteiger partial charge in [0.15, 0.2) is 0 Å². The zero-order valence-electron chi connectivity index (χ0n) is 10.2. The Labute approximate surface area is 93.8 Å². The summed E-state index contributed by atoms with van der Waals surface area (Å²) in [5.74, 6) is 0.872. The first kappa shape index (κ1) is 12.9. The van der Waals surface area contributed by atoms with Gasteiger partial charge in [0.05, 0.1) is 0 Å². The van der Waals surface area contributed by atoms with Crippen LogP contribution in [0.2, 0.25) is 0 Å². The molecule has 0 atom stereocenters. The Morgan fingerprint density at radius 2 is 1.93 bits per heavy atom. The van der Waals surface area contributed by atoms with Crippen LogP contribution in [0, 0.1) is 5.92 Å². The lowest BCUT2D eigenvalue weighted by atomic mass is 9.96. The van der Waals surface area contributed by atoms with E-state index in [0.29, 0.717) is 0 Å². The van der Waals surface area contributed by atoms with Crippen LogP contribution < -0.4 is 11.1 Å². The Bertz CT molecular complexity index is 159. The molecule has 0 aromatic carbocycles. The highest BCUT2D eigenvalue weighted by Gasteiger charge is 2.13. The van der Waals surface area contributed by atoms with E-state index in [4.69, 9.17) is 10.5 Å². The standard InChI is InChI=1S/C12H26N2O/c1-12(2,13)6-8-14-7-3-11-4-9-15-10-5-11/h11,14H,3-10,13H2,1-2H3. The fraction of sp³-hybridized carbons (Fsp3) is 1.00. The first-order chi connectivity index (χ1) is 7.08. The lowest BCUT2D eigenvalue weighted by molar-refractivity contribution is 0.0640. The highest BCUT2D eigenvalue weighted by Crippen LogP contribution is 2.17. The molecular weight excluding hydrogens is 188 g/mol. The molecule has 0 amide bonds. The zero-order chi connectivity index (χ0) is 11.1. The summed E-state index contributed by atoms with van der Waals surface area (Å²) in [5.41, 5.74) is 5.87. The Balaban J connectivity index is 1.92. The molecule has 0 aromatic heterocycles. The van der Waals surface area contributed by atoms with Gasteiger partial charge in [-0.15, -0.1) is 0 Å². The molecule has 3 heteroatoms. The molecule has 0 bridgehead atoms. The van der Waals surface area contributed by atoms with Crippen molar-refractivity contribution in [3.63, 3.8) is 0 Å². The summed E-state index contributed by atoms with van der Waals surface area (Å²) in [6.07, 6.45) is 4.81. The number of hydrogen-bond acceptors (Lipinski definition) is 3. The van der Waals surface area contributed by atoms with Crippen LogP contribution in [0.1, 0.15) is 39.5 Å². The topological polar surface area (TPSA) is 47.3 Å². The summed E-state index contributed by atoms with van der Waals surface area (Å²) in [5, 5.41) is 3.47. The first-order valence-electron chi connectivity index (χ1n) is 6.15. The minimum atomic E-state index is -0.0360. The van der Waals surface area contributed by atoms with Gasteiger partial charge in [0.1, 0.15) is 0 Å². The number of nitrogens with two attached hydrogens (primary N) is 1. The molecule has 0 aliphatic carbocycles. The molecule has 1 saturated heterocycles. The van der Waals surface area contributed by atoms with Crippen molar-refractivity contribution in [1.29, 1.82) is 0 Å². The maximum atomic E-state index is 5.90. The lowest BCUT2D eigenvalue weighted by Crippen LogP contribution is -2.36. The van der Waals surface area contributed by atoms with Crippen molar-refractivity contribution in [2.75, 3.05) is 26.3 Å². The van der Waals surface area contributed by atoms with Crippen molar-refractivity contribution < 1.29 is 4.74 Å². The summed E-state index contributed by atoms with van der Waals surface area (Å²) >= 11 is 0. The maximum absolute atomic E-state index is 5.90. The number of rotatable bonds is 6. The predicted octanol–water partition coefficient (Wildman–Crippen LogP) is 1.52. The number of ether oxygens (including phenoxy) is 1. The fourth-order valence-corrected chi connectivity index (χ4v) is 1.88. The molecule has 15 heavy (non-hydrogen) atoms. The van der Waals surface area contributed by atoms with E-state index >= 15 is 0 Å². The van der Waals surface area contributed by atoms with E-state index < -0.39 is 0 Å². The zero-order valence-corrected chi connectivity index (χ0v) is 10.2. The maximum Gasteiger partial charge on any atom is 0.0468 e. The second-order valence-electron chi connectivity index (χ2n) is 5.33. The van der Waals surface area contributed by atoms with Crippen molar-refractivity contribution in [1.82, 2.24) is 5.32 Å².